The van der Waals surface area contributed by atoms with E-state index in [1.807, 2.05) is 18.2 Å². The van der Waals surface area contributed by atoms with Crippen LogP contribution in [0.3, 0.4) is 0 Å². The van der Waals surface area contributed by atoms with Crippen LogP contribution in [0.15, 0.2) is 29.2 Å². The number of thioether (sulfide) groups is 1. The van der Waals surface area contributed by atoms with Crippen molar-refractivity contribution in [2.24, 2.45) is 0 Å². The number of carboxylic acid groups (broad SMARTS) is 1. The summed E-state index contributed by atoms with van der Waals surface area (Å²) in [5.74, 6) is -0.829. The molecule has 0 aromatic heterocycles. The van der Waals surface area contributed by atoms with Crippen LogP contribution in [0.2, 0.25) is 5.02 Å². The van der Waals surface area contributed by atoms with Crippen molar-refractivity contribution >= 4 is 29.3 Å². The highest BCUT2D eigenvalue weighted by molar-refractivity contribution is 8.00. The molecule has 1 aromatic rings. The molecule has 1 atom stereocenters. The van der Waals surface area contributed by atoms with E-state index in [4.69, 9.17) is 16.7 Å². The van der Waals surface area contributed by atoms with Crippen molar-refractivity contribution < 1.29 is 9.90 Å². The molecule has 0 spiro atoms. The fourth-order valence-corrected chi connectivity index (χ4v) is 1.87. The van der Waals surface area contributed by atoms with Gasteiger partial charge < -0.3 is 5.11 Å². The fourth-order valence-electron chi connectivity index (χ4n) is 0.781. The minimum Gasteiger partial charge on any atom is -0.480 e. The third kappa shape index (κ3) is 2.94. The zero-order chi connectivity index (χ0) is 9.84. The molecule has 2 nitrogen and oxygen atoms in total. The minimum absolute atomic E-state index is 0.472. The Hall–Kier alpha value is -0.670. The summed E-state index contributed by atoms with van der Waals surface area (Å²) in [6, 6.07) is 7.21. The first-order valence-electron chi connectivity index (χ1n) is 3.75. The van der Waals surface area contributed by atoms with E-state index in [0.717, 1.165) is 4.90 Å². The average molecular weight is 217 g/mol. The summed E-state index contributed by atoms with van der Waals surface area (Å²) in [7, 11) is 0. The number of hydrogen-bond donors (Lipinski definition) is 1. The SMILES string of the molecule is CC(Sc1ccccc1Cl)C(=O)O. The molecule has 0 fully saturated rings. The van der Waals surface area contributed by atoms with Crippen LogP contribution in [0.25, 0.3) is 0 Å². The predicted octanol–water partition coefficient (Wildman–Crippen LogP) is 2.91. The molecule has 0 saturated heterocycles. The molecular formula is C9H9ClO2S. The standard InChI is InChI=1S/C9H9ClO2S/c1-6(9(11)12)13-8-5-3-2-4-7(8)10/h2-6H,1H3,(H,11,12). The van der Waals surface area contributed by atoms with Gasteiger partial charge in [0, 0.05) is 4.90 Å². The predicted molar refractivity (Wildman–Crippen MR) is 54.4 cm³/mol. The highest BCUT2D eigenvalue weighted by atomic mass is 35.5. The lowest BCUT2D eigenvalue weighted by atomic mass is 10.4. The van der Waals surface area contributed by atoms with Gasteiger partial charge in [-0.1, -0.05) is 23.7 Å². The van der Waals surface area contributed by atoms with Crippen molar-refractivity contribution in [2.45, 2.75) is 17.1 Å². The fraction of sp³-hybridized carbons (Fsp3) is 0.222. The lowest BCUT2D eigenvalue weighted by Gasteiger charge is -2.06. The summed E-state index contributed by atoms with van der Waals surface area (Å²) in [5.41, 5.74) is 0. The van der Waals surface area contributed by atoms with Crippen LogP contribution in [-0.2, 0) is 4.79 Å². The van der Waals surface area contributed by atoms with E-state index in [9.17, 15) is 4.79 Å². The van der Waals surface area contributed by atoms with Crippen LogP contribution < -0.4 is 0 Å². The zero-order valence-electron chi connectivity index (χ0n) is 7.03. The first-order chi connectivity index (χ1) is 6.11. The van der Waals surface area contributed by atoms with Crippen LogP contribution in [0, 0.1) is 0 Å². The van der Waals surface area contributed by atoms with E-state index in [1.165, 1.54) is 11.8 Å². The van der Waals surface area contributed by atoms with Gasteiger partial charge in [0.05, 0.1) is 5.02 Å². The van der Waals surface area contributed by atoms with Crippen LogP contribution in [0.5, 0.6) is 0 Å². The molecule has 0 aliphatic heterocycles. The van der Waals surface area contributed by atoms with Gasteiger partial charge in [-0.3, -0.25) is 4.79 Å². The Bertz CT molecular complexity index is 314. The zero-order valence-corrected chi connectivity index (χ0v) is 8.60. The second-order valence-corrected chi connectivity index (χ2v) is 4.32. The Morgan fingerprint density at radius 1 is 1.54 bits per heavy atom. The van der Waals surface area contributed by atoms with Crippen molar-refractivity contribution in [3.05, 3.63) is 29.3 Å². The van der Waals surface area contributed by atoms with E-state index in [0.29, 0.717) is 5.02 Å². The number of benzene rings is 1. The van der Waals surface area contributed by atoms with E-state index < -0.39 is 11.2 Å². The molecule has 0 amide bonds. The largest absolute Gasteiger partial charge is 0.480 e. The van der Waals surface area contributed by atoms with Gasteiger partial charge in [0.25, 0.3) is 0 Å². The second kappa shape index (κ2) is 4.53. The Labute approximate surface area is 85.9 Å². The second-order valence-electron chi connectivity index (χ2n) is 2.53. The van der Waals surface area contributed by atoms with Crippen LogP contribution in [0.1, 0.15) is 6.92 Å². The van der Waals surface area contributed by atoms with Gasteiger partial charge in [0.15, 0.2) is 0 Å². The van der Waals surface area contributed by atoms with Gasteiger partial charge in [-0.15, -0.1) is 11.8 Å². The van der Waals surface area contributed by atoms with Crippen molar-refractivity contribution in [1.29, 1.82) is 0 Å². The maximum atomic E-state index is 10.6. The minimum atomic E-state index is -0.829. The Kier molecular flexibility index (Phi) is 3.63. The lowest BCUT2D eigenvalue weighted by molar-refractivity contribution is -0.136. The third-order valence-corrected chi connectivity index (χ3v) is 3.09. The molecule has 0 radical (unpaired) electrons. The van der Waals surface area contributed by atoms with E-state index in [2.05, 4.69) is 0 Å². The van der Waals surface area contributed by atoms with Crippen LogP contribution >= 0.6 is 23.4 Å². The first-order valence-corrected chi connectivity index (χ1v) is 5.01. The quantitative estimate of drug-likeness (QED) is 0.790. The highest BCUT2D eigenvalue weighted by Gasteiger charge is 2.13. The van der Waals surface area contributed by atoms with Gasteiger partial charge in [-0.2, -0.15) is 0 Å². The van der Waals surface area contributed by atoms with Gasteiger partial charge in [-0.05, 0) is 19.1 Å². The Morgan fingerprint density at radius 3 is 2.69 bits per heavy atom. The Balaban J connectivity index is 2.74. The van der Waals surface area contributed by atoms with Crippen molar-refractivity contribution in [1.82, 2.24) is 0 Å². The molecule has 4 heteroatoms. The smallest absolute Gasteiger partial charge is 0.316 e. The number of carbonyl (C=O) groups is 1. The molecule has 13 heavy (non-hydrogen) atoms. The maximum absolute atomic E-state index is 10.6. The topological polar surface area (TPSA) is 37.3 Å². The Morgan fingerprint density at radius 2 is 2.15 bits per heavy atom. The average Bonchev–Trinajstić information content (AvgIpc) is 2.08. The monoisotopic (exact) mass is 216 g/mol. The van der Waals surface area contributed by atoms with Crippen molar-refractivity contribution in [3.63, 3.8) is 0 Å². The van der Waals surface area contributed by atoms with Crippen LogP contribution in [-0.4, -0.2) is 16.3 Å². The molecule has 70 valence electrons. The summed E-state index contributed by atoms with van der Waals surface area (Å²) >= 11 is 7.11. The molecule has 0 heterocycles. The number of aliphatic carboxylic acids is 1. The number of hydrogen-bond acceptors (Lipinski definition) is 2. The molecule has 0 aliphatic rings. The van der Waals surface area contributed by atoms with Crippen molar-refractivity contribution in [3.8, 4) is 0 Å². The van der Waals surface area contributed by atoms with Gasteiger partial charge in [0.2, 0.25) is 0 Å². The van der Waals surface area contributed by atoms with E-state index in [-0.39, 0.29) is 0 Å². The molecule has 1 N–H and O–H groups in total. The molecule has 0 bridgehead atoms. The maximum Gasteiger partial charge on any atom is 0.316 e. The summed E-state index contributed by atoms with van der Waals surface area (Å²) in [5, 5.41) is 8.80. The number of rotatable bonds is 3. The summed E-state index contributed by atoms with van der Waals surface area (Å²) in [6.45, 7) is 1.64. The number of carboxylic acids is 1. The van der Waals surface area contributed by atoms with E-state index >= 15 is 0 Å². The molecule has 0 aliphatic carbocycles. The summed E-state index contributed by atoms with van der Waals surface area (Å²) in [6.07, 6.45) is 0. The van der Waals surface area contributed by atoms with Gasteiger partial charge in [0.1, 0.15) is 5.25 Å². The van der Waals surface area contributed by atoms with Gasteiger partial charge >= 0.3 is 5.97 Å². The highest BCUT2D eigenvalue weighted by Crippen LogP contribution is 2.29. The normalized spacial score (nSPS) is 12.5. The third-order valence-electron chi connectivity index (χ3n) is 1.49. The first kappa shape index (κ1) is 10.4. The molecule has 1 rings (SSSR count). The summed E-state index contributed by atoms with van der Waals surface area (Å²) < 4.78 is 0. The summed E-state index contributed by atoms with van der Waals surface area (Å²) in [4.78, 5) is 11.4. The molecular weight excluding hydrogens is 208 g/mol. The lowest BCUT2D eigenvalue weighted by Crippen LogP contribution is -2.10. The molecule has 0 saturated carbocycles. The van der Waals surface area contributed by atoms with Crippen molar-refractivity contribution in [2.75, 3.05) is 0 Å². The van der Waals surface area contributed by atoms with Crippen LogP contribution in [0.4, 0.5) is 0 Å². The van der Waals surface area contributed by atoms with Gasteiger partial charge in [-0.25, -0.2) is 0 Å². The van der Waals surface area contributed by atoms with E-state index in [1.54, 1.807) is 13.0 Å². The molecule has 1 unspecified atom stereocenters. The molecule has 1 aromatic carbocycles. The number of halogens is 1.